The molecule has 1 amide bonds. The number of benzene rings is 3. The van der Waals surface area contributed by atoms with Crippen LogP contribution >= 0.6 is 0 Å². The van der Waals surface area contributed by atoms with Gasteiger partial charge < -0.3 is 16.4 Å². The fraction of sp³-hybridized carbons (Fsp3) is 0.0455. The molecule has 30 heavy (non-hydrogen) atoms. The highest BCUT2D eigenvalue weighted by molar-refractivity contribution is 7.89. The summed E-state index contributed by atoms with van der Waals surface area (Å²) < 4.78 is 23.7. The van der Waals surface area contributed by atoms with Crippen LogP contribution in [0.2, 0.25) is 0 Å². The van der Waals surface area contributed by atoms with Crippen LogP contribution in [0, 0.1) is 0 Å². The predicted molar refractivity (Wildman–Crippen MR) is 118 cm³/mol. The quantitative estimate of drug-likeness (QED) is 0.472. The summed E-state index contributed by atoms with van der Waals surface area (Å²) in [5.41, 5.74) is 10.1. The molecule has 6 N–H and O–H groups in total. The predicted octanol–water partition coefficient (Wildman–Crippen LogP) is 2.73. The van der Waals surface area contributed by atoms with Crippen LogP contribution in [0.3, 0.4) is 0 Å². The summed E-state index contributed by atoms with van der Waals surface area (Å²) in [6, 6.07) is 21.2. The normalized spacial score (nSPS) is 14.8. The van der Waals surface area contributed by atoms with Gasteiger partial charge in [0, 0.05) is 23.5 Å². The highest BCUT2D eigenvalue weighted by Gasteiger charge is 2.29. The zero-order chi connectivity index (χ0) is 21.3. The summed E-state index contributed by atoms with van der Waals surface area (Å²) in [5, 5.41) is 11.4. The lowest BCUT2D eigenvalue weighted by Gasteiger charge is -2.15. The number of hydrogen-bond acceptors (Lipinski definition) is 5. The van der Waals surface area contributed by atoms with Gasteiger partial charge in [0.25, 0.3) is 5.91 Å². The van der Waals surface area contributed by atoms with Crippen LogP contribution < -0.4 is 21.5 Å². The van der Waals surface area contributed by atoms with Crippen molar-refractivity contribution in [1.29, 1.82) is 0 Å². The molecule has 1 aliphatic rings. The van der Waals surface area contributed by atoms with Crippen LogP contribution in [-0.2, 0) is 21.4 Å². The van der Waals surface area contributed by atoms with Crippen LogP contribution in [0.4, 0.5) is 11.4 Å². The van der Waals surface area contributed by atoms with Crippen LogP contribution in [0.15, 0.2) is 77.7 Å². The molecular weight excluding hydrogens is 400 g/mol. The zero-order valence-electron chi connectivity index (χ0n) is 15.9. The van der Waals surface area contributed by atoms with E-state index in [1.165, 1.54) is 12.1 Å². The largest absolute Gasteiger partial charge is 0.354 e. The van der Waals surface area contributed by atoms with E-state index < -0.39 is 10.0 Å². The fourth-order valence-corrected chi connectivity index (χ4v) is 3.86. The Kier molecular flexibility index (Phi) is 5.13. The molecule has 0 spiro atoms. The summed E-state index contributed by atoms with van der Waals surface area (Å²) in [4.78, 5) is 12.8. The van der Waals surface area contributed by atoms with E-state index in [1.54, 1.807) is 6.07 Å². The van der Waals surface area contributed by atoms with Crippen LogP contribution in [-0.4, -0.2) is 14.3 Å². The van der Waals surface area contributed by atoms with Crippen molar-refractivity contribution in [2.24, 2.45) is 10.9 Å². The molecule has 0 saturated carbocycles. The maximum absolute atomic E-state index is 12.9. The minimum atomic E-state index is -3.92. The summed E-state index contributed by atoms with van der Waals surface area (Å²) in [6.07, 6.45) is 0. The zero-order valence-corrected chi connectivity index (χ0v) is 16.7. The molecule has 0 aliphatic carbocycles. The van der Waals surface area contributed by atoms with Crippen molar-refractivity contribution in [3.05, 3.63) is 89.5 Å². The van der Waals surface area contributed by atoms with E-state index in [1.807, 2.05) is 54.6 Å². The first kappa shape index (κ1) is 19.8. The number of amides is 1. The van der Waals surface area contributed by atoms with Crippen LogP contribution in [0.25, 0.3) is 11.3 Å². The minimum absolute atomic E-state index is 0.0602. The minimum Gasteiger partial charge on any atom is -0.354 e. The Balaban J connectivity index is 1.91. The number of anilines is 2. The molecule has 3 aromatic rings. The number of hydrogen-bond donors (Lipinski definition) is 4. The van der Waals surface area contributed by atoms with Crippen LogP contribution in [0.5, 0.6) is 0 Å². The van der Waals surface area contributed by atoms with E-state index in [2.05, 4.69) is 10.6 Å². The average molecular weight is 420 g/mol. The van der Waals surface area contributed by atoms with Gasteiger partial charge in [0.15, 0.2) is 0 Å². The molecular formula is C22H20N4O3S. The average Bonchev–Trinajstić information content (AvgIpc) is 3.07. The third kappa shape index (κ3) is 3.84. The van der Waals surface area contributed by atoms with E-state index in [-0.39, 0.29) is 10.8 Å². The summed E-state index contributed by atoms with van der Waals surface area (Å²) in [7, 11) is -3.92. The number of fused-ring (bicyclic) bond motifs is 1. The monoisotopic (exact) mass is 420 g/mol. The van der Waals surface area contributed by atoms with Gasteiger partial charge in [-0.2, -0.15) is 0 Å². The Morgan fingerprint density at radius 3 is 2.30 bits per heavy atom. The van der Waals surface area contributed by atoms with Gasteiger partial charge in [-0.1, -0.05) is 42.5 Å². The Bertz CT molecular complexity index is 1250. The Morgan fingerprint density at radius 2 is 1.67 bits per heavy atom. The van der Waals surface area contributed by atoms with Crippen molar-refractivity contribution < 1.29 is 13.2 Å². The van der Waals surface area contributed by atoms with Crippen molar-refractivity contribution >= 4 is 38.6 Å². The molecule has 0 radical (unpaired) electrons. The van der Waals surface area contributed by atoms with E-state index in [0.717, 1.165) is 16.8 Å². The lowest BCUT2D eigenvalue weighted by atomic mass is 10.00. The SMILES string of the molecule is NCc1ccc(N/C(=C2\C(=O)Nc3ccc(S(N)(=O)=O)cc32)c2ccccc2)cc1. The van der Waals surface area contributed by atoms with Gasteiger partial charge in [-0.05, 0) is 41.5 Å². The molecule has 3 aromatic carbocycles. The molecule has 1 heterocycles. The molecule has 1 aliphatic heterocycles. The van der Waals surface area contributed by atoms with Crippen LogP contribution in [0.1, 0.15) is 16.7 Å². The Morgan fingerprint density at radius 1 is 0.967 bits per heavy atom. The molecule has 0 bridgehead atoms. The summed E-state index contributed by atoms with van der Waals surface area (Å²) >= 11 is 0. The van der Waals surface area contributed by atoms with Gasteiger partial charge >= 0.3 is 0 Å². The molecule has 8 heteroatoms. The summed E-state index contributed by atoms with van der Waals surface area (Å²) in [6.45, 7) is 0.430. The van der Waals surface area contributed by atoms with Crippen molar-refractivity contribution in [1.82, 2.24) is 0 Å². The van der Waals surface area contributed by atoms with Crippen molar-refractivity contribution in [2.45, 2.75) is 11.4 Å². The maximum Gasteiger partial charge on any atom is 0.258 e. The third-order valence-electron chi connectivity index (χ3n) is 4.84. The fourth-order valence-electron chi connectivity index (χ4n) is 3.32. The number of carbonyl (C=O) groups is 1. The Hall–Kier alpha value is -3.46. The number of nitrogens with two attached hydrogens (primary N) is 2. The van der Waals surface area contributed by atoms with Gasteiger partial charge in [-0.3, -0.25) is 4.79 Å². The highest BCUT2D eigenvalue weighted by Crippen LogP contribution is 2.38. The van der Waals surface area contributed by atoms with Crippen molar-refractivity contribution in [3.63, 3.8) is 0 Å². The van der Waals surface area contributed by atoms with E-state index in [9.17, 15) is 13.2 Å². The molecule has 4 rings (SSSR count). The summed E-state index contributed by atoms with van der Waals surface area (Å²) in [5.74, 6) is -0.332. The van der Waals surface area contributed by atoms with E-state index in [0.29, 0.717) is 29.1 Å². The van der Waals surface area contributed by atoms with E-state index >= 15 is 0 Å². The van der Waals surface area contributed by atoms with E-state index in [4.69, 9.17) is 10.9 Å². The standard InChI is InChI=1S/C22H20N4O3S/c23-13-14-6-8-16(9-7-14)25-21(15-4-2-1-3-5-15)20-18-12-17(30(24,28)29)10-11-19(18)26-22(20)27/h1-12,25H,13,23H2,(H,26,27)(H2,24,28,29)/b21-20-. The lowest BCUT2D eigenvalue weighted by molar-refractivity contribution is -0.110. The molecule has 152 valence electrons. The second-order valence-corrected chi connectivity index (χ2v) is 8.41. The van der Waals surface area contributed by atoms with Gasteiger partial charge in [0.1, 0.15) is 0 Å². The molecule has 0 unspecified atom stereocenters. The third-order valence-corrected chi connectivity index (χ3v) is 5.75. The van der Waals surface area contributed by atoms with Gasteiger partial charge in [-0.25, -0.2) is 13.6 Å². The van der Waals surface area contributed by atoms with Crippen molar-refractivity contribution in [2.75, 3.05) is 10.6 Å². The maximum atomic E-state index is 12.9. The number of primary sulfonamides is 1. The molecule has 0 fully saturated rings. The van der Waals surface area contributed by atoms with Gasteiger partial charge in [0.2, 0.25) is 10.0 Å². The first-order valence-corrected chi connectivity index (χ1v) is 10.8. The molecule has 0 atom stereocenters. The van der Waals surface area contributed by atoms with Crippen molar-refractivity contribution in [3.8, 4) is 0 Å². The molecule has 0 aromatic heterocycles. The second-order valence-electron chi connectivity index (χ2n) is 6.85. The molecule has 7 nitrogen and oxygen atoms in total. The van der Waals surface area contributed by atoms with Gasteiger partial charge in [-0.15, -0.1) is 0 Å². The smallest absolute Gasteiger partial charge is 0.258 e. The number of nitrogens with one attached hydrogen (secondary N) is 2. The number of carbonyl (C=O) groups excluding carboxylic acids is 1. The molecule has 0 saturated heterocycles. The first-order valence-electron chi connectivity index (χ1n) is 9.21. The second kappa shape index (κ2) is 7.75. The number of rotatable bonds is 5. The van der Waals surface area contributed by atoms with Gasteiger partial charge in [0.05, 0.1) is 16.2 Å². The lowest BCUT2D eigenvalue weighted by Crippen LogP contribution is -2.12. The Labute approximate surface area is 174 Å². The highest BCUT2D eigenvalue weighted by atomic mass is 32.2. The topological polar surface area (TPSA) is 127 Å². The number of sulfonamides is 1. The first-order chi connectivity index (χ1) is 14.4.